The molecule has 4 unspecified atom stereocenters. The Balaban J connectivity index is 2.79. The van der Waals surface area contributed by atoms with E-state index in [1.807, 2.05) is 0 Å². The van der Waals surface area contributed by atoms with Crippen LogP contribution in [0.2, 0.25) is 0 Å². The third kappa shape index (κ3) is 1.69. The van der Waals surface area contributed by atoms with E-state index in [9.17, 15) is 87.8 Å². The standard InChI is InChI=1S/C13F22/c14-1-2(15)4(17,9(26,27)13(34,35)11(30,31)7(2,22)23)5(18,19)3(1,16)8(24,25)12(32,33)10(28,29)6(1,20)21. The molecule has 35 heavy (non-hydrogen) atoms. The van der Waals surface area contributed by atoms with Crippen LogP contribution >= 0.6 is 0 Å². The molecule has 0 radical (unpaired) electrons. The Labute approximate surface area is 174 Å². The summed E-state index contributed by atoms with van der Waals surface area (Å²) in [6, 6.07) is 0. The van der Waals surface area contributed by atoms with Crippen molar-refractivity contribution < 1.29 is 96.6 Å². The molecule has 0 aliphatic heterocycles. The van der Waals surface area contributed by atoms with Gasteiger partial charge in [0, 0.05) is 0 Å². The van der Waals surface area contributed by atoms with Gasteiger partial charge in [-0.3, -0.25) is 0 Å². The normalized spacial score (nSPS) is 48.5. The van der Waals surface area contributed by atoms with Gasteiger partial charge in [0.05, 0.1) is 0 Å². The van der Waals surface area contributed by atoms with Crippen molar-refractivity contribution in [3.05, 3.63) is 0 Å². The van der Waals surface area contributed by atoms with Gasteiger partial charge in [-0.05, 0) is 0 Å². The first-order valence-corrected chi connectivity index (χ1v) is 7.91. The monoisotopic (exact) mass is 574 g/mol. The lowest BCUT2D eigenvalue weighted by atomic mass is 9.58. The third-order valence-corrected chi connectivity index (χ3v) is 6.39. The SMILES string of the molecule is FC1(F)C(F)(F)C(F)(F)C2(F)C(F)(C1(F)F)C(F)(F)C1(F)C(F)(F)C(F)(F)C(F)(F)C(F)(F)C12F. The zero-order valence-corrected chi connectivity index (χ0v) is 14.8. The maximum Gasteiger partial charge on any atom is 0.382 e. The first-order valence-electron chi connectivity index (χ1n) is 7.91. The molecule has 3 aliphatic carbocycles. The summed E-state index contributed by atoms with van der Waals surface area (Å²) < 4.78 is 308. The molecule has 3 saturated carbocycles. The predicted molar refractivity (Wildman–Crippen MR) is 59.9 cm³/mol. The Kier molecular flexibility index (Phi) is 4.40. The Morgan fingerprint density at radius 3 is 0.457 bits per heavy atom. The lowest BCUT2D eigenvalue weighted by Crippen LogP contribution is -2.92. The smallest absolute Gasteiger partial charge is 0.229 e. The fraction of sp³-hybridized carbons (Fsp3) is 1.00. The second-order valence-corrected chi connectivity index (χ2v) is 7.80. The molecule has 3 aliphatic rings. The van der Waals surface area contributed by atoms with E-state index in [0.717, 1.165) is 0 Å². The van der Waals surface area contributed by atoms with Gasteiger partial charge in [-0.15, -0.1) is 0 Å². The van der Waals surface area contributed by atoms with E-state index in [0.29, 0.717) is 0 Å². The van der Waals surface area contributed by atoms with Crippen molar-refractivity contribution in [3.8, 4) is 0 Å². The first kappa shape index (κ1) is 28.0. The van der Waals surface area contributed by atoms with E-state index in [1.54, 1.807) is 0 Å². The summed E-state index contributed by atoms with van der Waals surface area (Å²) in [6.07, 6.45) is 0. The number of rotatable bonds is 0. The van der Waals surface area contributed by atoms with Crippen LogP contribution in [-0.2, 0) is 0 Å². The average molecular weight is 574 g/mol. The summed E-state index contributed by atoms with van der Waals surface area (Å²) in [5.41, 5.74) is -36.6. The molecule has 0 aromatic heterocycles. The molecule has 0 bridgehead atoms. The van der Waals surface area contributed by atoms with Gasteiger partial charge in [-0.2, -0.15) is 79.0 Å². The van der Waals surface area contributed by atoms with E-state index >= 15 is 8.78 Å². The fourth-order valence-corrected chi connectivity index (χ4v) is 4.49. The van der Waals surface area contributed by atoms with Crippen LogP contribution in [0.1, 0.15) is 0 Å². The number of alkyl halides is 22. The molecule has 4 atom stereocenters. The molecule has 0 spiro atoms. The summed E-state index contributed by atoms with van der Waals surface area (Å²) in [7, 11) is 0. The van der Waals surface area contributed by atoms with Crippen molar-refractivity contribution in [3.63, 3.8) is 0 Å². The Morgan fingerprint density at radius 1 is 0.143 bits per heavy atom. The van der Waals surface area contributed by atoms with Crippen LogP contribution in [-0.4, -0.2) is 76.0 Å². The minimum absolute atomic E-state index is 8.55. The lowest BCUT2D eigenvalue weighted by molar-refractivity contribution is -0.502. The molecule has 0 aromatic rings. The van der Waals surface area contributed by atoms with Gasteiger partial charge in [0.15, 0.2) is 0 Å². The van der Waals surface area contributed by atoms with E-state index < -0.39 is 76.0 Å². The molecule has 3 fully saturated rings. The zero-order chi connectivity index (χ0) is 28.5. The molecule has 0 N–H and O–H groups in total. The van der Waals surface area contributed by atoms with E-state index in [4.69, 9.17) is 0 Å². The van der Waals surface area contributed by atoms with Crippen LogP contribution in [0.5, 0.6) is 0 Å². The van der Waals surface area contributed by atoms with Crippen molar-refractivity contribution >= 4 is 0 Å². The molecule has 0 amide bonds. The van der Waals surface area contributed by atoms with Crippen LogP contribution in [0.15, 0.2) is 0 Å². The second kappa shape index (κ2) is 5.50. The minimum atomic E-state index is -9.23. The van der Waals surface area contributed by atoms with Gasteiger partial charge in [0.2, 0.25) is 0 Å². The molecule has 0 saturated heterocycles. The predicted octanol–water partition coefficient (Wildman–Crippen LogP) is 6.58. The molecular formula is C13F22. The zero-order valence-electron chi connectivity index (χ0n) is 14.8. The number of fused-ring (bicyclic) bond motifs is 3. The van der Waals surface area contributed by atoms with Crippen molar-refractivity contribution in [2.75, 3.05) is 0 Å². The highest BCUT2D eigenvalue weighted by atomic mass is 19.4. The first-order chi connectivity index (χ1) is 14.8. The molecule has 0 nitrogen and oxygen atoms in total. The Morgan fingerprint density at radius 2 is 0.286 bits per heavy atom. The molecule has 22 heteroatoms. The lowest BCUT2D eigenvalue weighted by Gasteiger charge is -2.58. The maximum absolute atomic E-state index is 15.0. The Bertz CT molecular complexity index is 902. The van der Waals surface area contributed by atoms with Crippen molar-refractivity contribution in [2.45, 2.75) is 76.0 Å². The highest BCUT2D eigenvalue weighted by Crippen LogP contribution is 2.88. The summed E-state index contributed by atoms with van der Waals surface area (Å²) >= 11 is 0. The van der Waals surface area contributed by atoms with Crippen LogP contribution in [0.3, 0.4) is 0 Å². The number of hydrogen-bond acceptors (Lipinski definition) is 0. The summed E-state index contributed by atoms with van der Waals surface area (Å²) in [5, 5.41) is 0. The summed E-state index contributed by atoms with van der Waals surface area (Å²) in [5.74, 6) is -79.1. The quantitative estimate of drug-likeness (QED) is 0.287. The van der Waals surface area contributed by atoms with Gasteiger partial charge >= 0.3 is 53.3 Å². The summed E-state index contributed by atoms with van der Waals surface area (Å²) in [6.45, 7) is 0. The van der Waals surface area contributed by atoms with Gasteiger partial charge in [-0.25, -0.2) is 17.6 Å². The second-order valence-electron chi connectivity index (χ2n) is 7.80. The number of halogens is 22. The molecule has 3 rings (SSSR count). The van der Waals surface area contributed by atoms with E-state index in [-0.39, 0.29) is 0 Å². The maximum atomic E-state index is 15.0. The summed E-state index contributed by atoms with van der Waals surface area (Å²) in [4.78, 5) is 0. The highest BCUT2D eigenvalue weighted by molar-refractivity contribution is 5.54. The van der Waals surface area contributed by atoms with Crippen LogP contribution in [0.25, 0.3) is 0 Å². The topological polar surface area (TPSA) is 0 Å². The van der Waals surface area contributed by atoms with Crippen LogP contribution in [0.4, 0.5) is 96.6 Å². The van der Waals surface area contributed by atoms with Gasteiger partial charge in [0.25, 0.3) is 22.7 Å². The largest absolute Gasteiger partial charge is 0.382 e. The van der Waals surface area contributed by atoms with E-state index in [1.165, 1.54) is 0 Å². The van der Waals surface area contributed by atoms with Gasteiger partial charge in [0.1, 0.15) is 0 Å². The Hall–Kier alpha value is -1.54. The van der Waals surface area contributed by atoms with E-state index in [2.05, 4.69) is 0 Å². The molecule has 206 valence electrons. The van der Waals surface area contributed by atoms with Crippen LogP contribution < -0.4 is 0 Å². The minimum Gasteiger partial charge on any atom is -0.229 e. The number of hydrogen-bond donors (Lipinski definition) is 0. The van der Waals surface area contributed by atoms with Crippen molar-refractivity contribution in [1.82, 2.24) is 0 Å². The fourth-order valence-electron chi connectivity index (χ4n) is 4.49. The van der Waals surface area contributed by atoms with Crippen LogP contribution in [0, 0.1) is 0 Å². The third-order valence-electron chi connectivity index (χ3n) is 6.39. The van der Waals surface area contributed by atoms with Crippen molar-refractivity contribution in [2.24, 2.45) is 0 Å². The van der Waals surface area contributed by atoms with Crippen molar-refractivity contribution in [1.29, 1.82) is 0 Å². The van der Waals surface area contributed by atoms with Gasteiger partial charge < -0.3 is 0 Å². The molecular weight excluding hydrogens is 574 g/mol. The molecule has 0 aromatic carbocycles. The van der Waals surface area contributed by atoms with Gasteiger partial charge in [-0.1, -0.05) is 0 Å². The average Bonchev–Trinajstić information content (AvgIpc) is 2.75. The highest BCUT2D eigenvalue weighted by Gasteiger charge is 3.22. The molecule has 0 heterocycles.